The Kier molecular flexibility index (Phi) is 3.56. The molecule has 0 fully saturated rings. The predicted octanol–water partition coefficient (Wildman–Crippen LogP) is 1.80. The van der Waals surface area contributed by atoms with Crippen LogP contribution in [0.2, 0.25) is 0 Å². The maximum Gasteiger partial charge on any atom is 0.216 e. The molecule has 0 atom stereocenters. The summed E-state index contributed by atoms with van der Waals surface area (Å²) in [6.45, 7) is 11.0. The van der Waals surface area contributed by atoms with Crippen molar-refractivity contribution >= 4 is 5.91 Å². The topological polar surface area (TPSA) is 29.1 Å². The summed E-state index contributed by atoms with van der Waals surface area (Å²) < 4.78 is 0. The van der Waals surface area contributed by atoms with Gasteiger partial charge in [-0.1, -0.05) is 27.7 Å². The zero-order chi connectivity index (χ0) is 9.07. The first-order valence-corrected chi connectivity index (χ1v) is 4.10. The van der Waals surface area contributed by atoms with Crippen molar-refractivity contribution in [3.63, 3.8) is 0 Å². The second-order valence-corrected chi connectivity index (χ2v) is 4.05. The lowest BCUT2D eigenvalue weighted by molar-refractivity contribution is -0.119. The molecule has 0 aromatic carbocycles. The molecule has 1 amide bonds. The van der Waals surface area contributed by atoms with Gasteiger partial charge in [-0.15, -0.1) is 0 Å². The zero-order valence-electron chi connectivity index (χ0n) is 8.19. The molecule has 0 aliphatic carbocycles. The SMILES string of the molecule is CC(=O)NCC(C)(C)C(C)C. The third-order valence-electron chi connectivity index (χ3n) is 2.36. The van der Waals surface area contributed by atoms with Crippen LogP contribution in [0.1, 0.15) is 34.6 Å². The molecule has 1 N–H and O–H groups in total. The van der Waals surface area contributed by atoms with Crippen LogP contribution in [0, 0.1) is 11.3 Å². The van der Waals surface area contributed by atoms with Gasteiger partial charge in [0.15, 0.2) is 0 Å². The number of carbonyl (C=O) groups is 1. The van der Waals surface area contributed by atoms with E-state index in [1.54, 1.807) is 6.92 Å². The number of amides is 1. The van der Waals surface area contributed by atoms with Gasteiger partial charge in [0.25, 0.3) is 0 Å². The average molecular weight is 157 g/mol. The van der Waals surface area contributed by atoms with Crippen LogP contribution in [-0.4, -0.2) is 12.5 Å². The summed E-state index contributed by atoms with van der Waals surface area (Å²) >= 11 is 0. The van der Waals surface area contributed by atoms with E-state index in [-0.39, 0.29) is 11.3 Å². The fourth-order valence-corrected chi connectivity index (χ4v) is 0.556. The molecule has 0 saturated carbocycles. The maximum absolute atomic E-state index is 10.6. The van der Waals surface area contributed by atoms with Gasteiger partial charge in [-0.25, -0.2) is 0 Å². The van der Waals surface area contributed by atoms with Crippen LogP contribution in [0.5, 0.6) is 0 Å². The Balaban J connectivity index is 3.82. The molecule has 0 radical (unpaired) electrons. The number of carbonyl (C=O) groups excluding carboxylic acids is 1. The molecule has 0 heterocycles. The first-order chi connectivity index (χ1) is 4.86. The van der Waals surface area contributed by atoms with Gasteiger partial charge in [-0.2, -0.15) is 0 Å². The minimum atomic E-state index is 0.0544. The number of nitrogens with one attached hydrogen (secondary N) is 1. The van der Waals surface area contributed by atoms with Gasteiger partial charge >= 0.3 is 0 Å². The van der Waals surface area contributed by atoms with Crippen LogP contribution >= 0.6 is 0 Å². The summed E-state index contributed by atoms with van der Waals surface area (Å²) in [6.07, 6.45) is 0. The monoisotopic (exact) mass is 157 g/mol. The maximum atomic E-state index is 10.6. The van der Waals surface area contributed by atoms with E-state index in [0.717, 1.165) is 6.54 Å². The lowest BCUT2D eigenvalue weighted by Crippen LogP contribution is -2.35. The Hall–Kier alpha value is -0.530. The first-order valence-electron chi connectivity index (χ1n) is 4.10. The van der Waals surface area contributed by atoms with Gasteiger partial charge in [-0.05, 0) is 11.3 Å². The molecule has 0 aromatic heterocycles. The Morgan fingerprint density at radius 2 is 1.91 bits per heavy atom. The lowest BCUT2D eigenvalue weighted by Gasteiger charge is -2.29. The van der Waals surface area contributed by atoms with Crippen molar-refractivity contribution in [3.05, 3.63) is 0 Å². The van der Waals surface area contributed by atoms with Gasteiger partial charge in [0.2, 0.25) is 5.91 Å². The Morgan fingerprint density at radius 1 is 1.45 bits per heavy atom. The van der Waals surface area contributed by atoms with E-state index in [4.69, 9.17) is 0 Å². The quantitative estimate of drug-likeness (QED) is 0.665. The average Bonchev–Trinajstić information content (AvgIpc) is 1.84. The molecule has 66 valence electrons. The number of hydrogen-bond donors (Lipinski definition) is 1. The summed E-state index contributed by atoms with van der Waals surface area (Å²) in [7, 11) is 0. The molecule has 0 aromatic rings. The zero-order valence-corrected chi connectivity index (χ0v) is 8.19. The van der Waals surface area contributed by atoms with Crippen LogP contribution < -0.4 is 5.32 Å². The molecule has 0 unspecified atom stereocenters. The highest BCUT2D eigenvalue weighted by Gasteiger charge is 2.21. The highest BCUT2D eigenvalue weighted by Crippen LogP contribution is 2.24. The van der Waals surface area contributed by atoms with E-state index in [9.17, 15) is 4.79 Å². The normalized spacial score (nSPS) is 11.8. The molecule has 2 heteroatoms. The van der Waals surface area contributed by atoms with Crippen molar-refractivity contribution in [2.75, 3.05) is 6.54 Å². The Labute approximate surface area is 69.4 Å². The fourth-order valence-electron chi connectivity index (χ4n) is 0.556. The van der Waals surface area contributed by atoms with Crippen LogP contribution in [0.4, 0.5) is 0 Å². The summed E-state index contributed by atoms with van der Waals surface area (Å²) in [5, 5.41) is 2.83. The van der Waals surface area contributed by atoms with Crippen molar-refractivity contribution in [2.45, 2.75) is 34.6 Å². The molecule has 2 nitrogen and oxygen atoms in total. The Morgan fingerprint density at radius 3 is 2.18 bits per heavy atom. The fraction of sp³-hybridized carbons (Fsp3) is 0.889. The first kappa shape index (κ1) is 10.5. The highest BCUT2D eigenvalue weighted by atomic mass is 16.1. The lowest BCUT2D eigenvalue weighted by atomic mass is 9.81. The van der Waals surface area contributed by atoms with Crippen LogP contribution in [0.3, 0.4) is 0 Å². The molecule has 11 heavy (non-hydrogen) atoms. The molecular formula is C9H19NO. The molecule has 0 rings (SSSR count). The van der Waals surface area contributed by atoms with Crippen molar-refractivity contribution in [3.8, 4) is 0 Å². The summed E-state index contributed by atoms with van der Waals surface area (Å²) in [4.78, 5) is 10.6. The molecule has 0 aliphatic heterocycles. The van der Waals surface area contributed by atoms with Crippen LogP contribution in [0.15, 0.2) is 0 Å². The predicted molar refractivity (Wildman–Crippen MR) is 47.3 cm³/mol. The third-order valence-corrected chi connectivity index (χ3v) is 2.36. The minimum absolute atomic E-state index is 0.0544. The smallest absolute Gasteiger partial charge is 0.216 e. The van der Waals surface area contributed by atoms with E-state index >= 15 is 0 Å². The van der Waals surface area contributed by atoms with Crippen LogP contribution in [0.25, 0.3) is 0 Å². The van der Waals surface area contributed by atoms with Crippen LogP contribution in [-0.2, 0) is 4.79 Å². The number of hydrogen-bond acceptors (Lipinski definition) is 1. The van der Waals surface area contributed by atoms with Gasteiger partial charge in [0.1, 0.15) is 0 Å². The van der Waals surface area contributed by atoms with Crippen molar-refractivity contribution in [2.24, 2.45) is 11.3 Å². The summed E-state index contributed by atoms with van der Waals surface area (Å²) in [6, 6.07) is 0. The van der Waals surface area contributed by atoms with Crippen molar-refractivity contribution < 1.29 is 4.79 Å². The third kappa shape index (κ3) is 4.02. The summed E-state index contributed by atoms with van der Waals surface area (Å²) in [5.41, 5.74) is 0.200. The molecule has 0 spiro atoms. The highest BCUT2D eigenvalue weighted by molar-refractivity contribution is 5.72. The minimum Gasteiger partial charge on any atom is -0.356 e. The molecule has 0 aliphatic rings. The standard InChI is InChI=1S/C9H19NO/c1-7(2)9(4,5)6-10-8(3)11/h7H,6H2,1-5H3,(H,10,11). The van der Waals surface area contributed by atoms with Gasteiger partial charge in [0, 0.05) is 13.5 Å². The summed E-state index contributed by atoms with van der Waals surface area (Å²) in [5.74, 6) is 0.646. The van der Waals surface area contributed by atoms with Gasteiger partial charge in [-0.3, -0.25) is 4.79 Å². The molecule has 0 bridgehead atoms. The van der Waals surface area contributed by atoms with E-state index in [0.29, 0.717) is 5.92 Å². The van der Waals surface area contributed by atoms with E-state index < -0.39 is 0 Å². The van der Waals surface area contributed by atoms with Gasteiger partial charge in [0.05, 0.1) is 0 Å². The molecule has 0 saturated heterocycles. The largest absolute Gasteiger partial charge is 0.356 e. The second-order valence-electron chi connectivity index (χ2n) is 4.05. The van der Waals surface area contributed by atoms with E-state index in [1.165, 1.54) is 0 Å². The van der Waals surface area contributed by atoms with Crippen molar-refractivity contribution in [1.29, 1.82) is 0 Å². The van der Waals surface area contributed by atoms with E-state index in [2.05, 4.69) is 33.0 Å². The van der Waals surface area contributed by atoms with Gasteiger partial charge < -0.3 is 5.32 Å². The van der Waals surface area contributed by atoms with E-state index in [1.807, 2.05) is 0 Å². The second kappa shape index (κ2) is 3.74. The van der Waals surface area contributed by atoms with Crippen molar-refractivity contribution in [1.82, 2.24) is 5.32 Å². The molecular weight excluding hydrogens is 138 g/mol. The Bertz CT molecular complexity index is 138. The number of rotatable bonds is 3.